The first-order chi connectivity index (χ1) is 13.3. The fourth-order valence-corrected chi connectivity index (χ4v) is 3.62. The normalized spacial score (nSPS) is 12.6. The zero-order valence-corrected chi connectivity index (χ0v) is 17.8. The molecule has 0 spiro atoms. The quantitative estimate of drug-likeness (QED) is 0.510. The largest absolute Gasteiger partial charge is 0.392 e. The molecule has 0 aliphatic heterocycles. The van der Waals surface area contributed by atoms with Gasteiger partial charge in [0.25, 0.3) is 0 Å². The Balaban J connectivity index is 2.18. The number of aliphatic hydroxyl groups is 1. The molecule has 0 saturated carbocycles. The third-order valence-corrected chi connectivity index (χ3v) is 5.21. The van der Waals surface area contributed by atoms with E-state index in [1.807, 2.05) is 36.4 Å². The minimum Gasteiger partial charge on any atom is -0.392 e. The Morgan fingerprint density at radius 2 is 1.79 bits per heavy atom. The molecule has 28 heavy (non-hydrogen) atoms. The van der Waals surface area contributed by atoms with Crippen molar-refractivity contribution >= 4 is 11.6 Å². The maximum absolute atomic E-state index is 12.9. The number of rotatable bonds is 9. The highest BCUT2D eigenvalue weighted by molar-refractivity contribution is 5.92. The van der Waals surface area contributed by atoms with E-state index in [1.54, 1.807) is 0 Å². The lowest BCUT2D eigenvalue weighted by molar-refractivity contribution is -0.116. The molecule has 0 aliphatic rings. The smallest absolute Gasteiger partial charge is 0.224 e. The van der Waals surface area contributed by atoms with Crippen molar-refractivity contribution < 1.29 is 9.90 Å². The highest BCUT2D eigenvalue weighted by Crippen LogP contribution is 2.32. The molecule has 2 aromatic rings. The SMILES string of the molecule is CCCCCC(CC(=O)Nc1cc(CO)ccc1C(C)(C)C)c1ccccc1. The van der Waals surface area contributed by atoms with E-state index < -0.39 is 0 Å². The average Bonchev–Trinajstić information content (AvgIpc) is 2.67. The molecule has 0 bridgehead atoms. The van der Waals surface area contributed by atoms with E-state index in [4.69, 9.17) is 0 Å². The lowest BCUT2D eigenvalue weighted by Gasteiger charge is -2.24. The molecule has 0 saturated heterocycles. The molecule has 2 N–H and O–H groups in total. The van der Waals surface area contributed by atoms with Crippen LogP contribution in [0.15, 0.2) is 48.5 Å². The molecule has 152 valence electrons. The second-order valence-electron chi connectivity index (χ2n) is 8.64. The summed E-state index contributed by atoms with van der Waals surface area (Å²) in [6, 6.07) is 16.2. The van der Waals surface area contributed by atoms with Crippen molar-refractivity contribution in [2.45, 2.75) is 77.7 Å². The summed E-state index contributed by atoms with van der Waals surface area (Å²) in [6.45, 7) is 8.57. The summed E-state index contributed by atoms with van der Waals surface area (Å²) in [5.74, 6) is 0.262. The van der Waals surface area contributed by atoms with Gasteiger partial charge >= 0.3 is 0 Å². The monoisotopic (exact) mass is 381 g/mol. The molecule has 0 aliphatic carbocycles. The van der Waals surface area contributed by atoms with Crippen LogP contribution in [0.1, 0.15) is 82.4 Å². The minimum atomic E-state index is -0.0867. The summed E-state index contributed by atoms with van der Waals surface area (Å²) in [5.41, 5.74) is 3.85. The molecule has 1 unspecified atom stereocenters. The van der Waals surface area contributed by atoms with Gasteiger partial charge in [-0.15, -0.1) is 0 Å². The van der Waals surface area contributed by atoms with E-state index in [1.165, 1.54) is 18.4 Å². The Kier molecular flexibility index (Phi) is 8.25. The van der Waals surface area contributed by atoms with Gasteiger partial charge < -0.3 is 10.4 Å². The number of benzene rings is 2. The van der Waals surface area contributed by atoms with Crippen LogP contribution in [-0.2, 0) is 16.8 Å². The number of carbonyl (C=O) groups is 1. The topological polar surface area (TPSA) is 49.3 Å². The second-order valence-corrected chi connectivity index (χ2v) is 8.64. The van der Waals surface area contributed by atoms with Crippen molar-refractivity contribution in [2.75, 3.05) is 5.32 Å². The third-order valence-electron chi connectivity index (χ3n) is 5.21. The fourth-order valence-electron chi connectivity index (χ4n) is 3.62. The van der Waals surface area contributed by atoms with Gasteiger partial charge in [-0.2, -0.15) is 0 Å². The van der Waals surface area contributed by atoms with Gasteiger partial charge in [0.2, 0.25) is 5.91 Å². The van der Waals surface area contributed by atoms with E-state index >= 15 is 0 Å². The van der Waals surface area contributed by atoms with Crippen LogP contribution in [0.4, 0.5) is 5.69 Å². The molecule has 2 rings (SSSR count). The van der Waals surface area contributed by atoms with Crippen molar-refractivity contribution in [2.24, 2.45) is 0 Å². The van der Waals surface area contributed by atoms with E-state index in [9.17, 15) is 9.90 Å². The molecule has 1 atom stereocenters. The summed E-state index contributed by atoms with van der Waals surface area (Å²) in [7, 11) is 0. The van der Waals surface area contributed by atoms with Crippen LogP contribution in [0, 0.1) is 0 Å². The Morgan fingerprint density at radius 1 is 1.07 bits per heavy atom. The molecule has 0 aromatic heterocycles. The Morgan fingerprint density at radius 3 is 2.39 bits per heavy atom. The van der Waals surface area contributed by atoms with Gasteiger partial charge in [0, 0.05) is 12.1 Å². The number of aliphatic hydroxyl groups excluding tert-OH is 1. The minimum absolute atomic E-state index is 0.0308. The lowest BCUT2D eigenvalue weighted by Crippen LogP contribution is -2.20. The van der Waals surface area contributed by atoms with Crippen LogP contribution in [-0.4, -0.2) is 11.0 Å². The van der Waals surface area contributed by atoms with E-state index in [-0.39, 0.29) is 23.8 Å². The van der Waals surface area contributed by atoms with Gasteiger partial charge in [0.15, 0.2) is 0 Å². The van der Waals surface area contributed by atoms with Crippen molar-refractivity contribution in [3.8, 4) is 0 Å². The molecule has 0 radical (unpaired) electrons. The number of amides is 1. The first kappa shape index (κ1) is 22.2. The maximum Gasteiger partial charge on any atom is 0.224 e. The average molecular weight is 382 g/mol. The summed E-state index contributed by atoms with van der Waals surface area (Å²) in [4.78, 5) is 12.9. The predicted molar refractivity (Wildman–Crippen MR) is 118 cm³/mol. The van der Waals surface area contributed by atoms with Crippen LogP contribution < -0.4 is 5.32 Å². The Bertz CT molecular complexity index is 747. The summed E-state index contributed by atoms with van der Waals surface area (Å²) >= 11 is 0. The molecule has 0 fully saturated rings. The van der Waals surface area contributed by atoms with Crippen molar-refractivity contribution in [1.82, 2.24) is 0 Å². The van der Waals surface area contributed by atoms with Gasteiger partial charge in [-0.25, -0.2) is 0 Å². The van der Waals surface area contributed by atoms with E-state index in [0.717, 1.165) is 29.7 Å². The number of hydrogen-bond acceptors (Lipinski definition) is 2. The zero-order valence-electron chi connectivity index (χ0n) is 17.8. The molecule has 3 nitrogen and oxygen atoms in total. The van der Waals surface area contributed by atoms with Crippen molar-refractivity contribution in [3.05, 3.63) is 65.2 Å². The zero-order chi connectivity index (χ0) is 20.6. The molecule has 1 amide bonds. The Hall–Kier alpha value is -2.13. The Labute approximate surface area is 170 Å². The van der Waals surface area contributed by atoms with Crippen LogP contribution in [0.3, 0.4) is 0 Å². The van der Waals surface area contributed by atoms with Gasteiger partial charge in [-0.05, 0) is 40.5 Å². The lowest BCUT2D eigenvalue weighted by atomic mass is 9.85. The summed E-state index contributed by atoms with van der Waals surface area (Å²) < 4.78 is 0. The fraction of sp³-hybridized carbons (Fsp3) is 0.480. The molecule has 2 aromatic carbocycles. The standard InChI is InChI=1S/C25H35NO2/c1-5-6-8-13-21(20-11-9-7-10-12-20)17-24(28)26-23-16-19(18-27)14-15-22(23)25(2,3)4/h7,9-12,14-16,21,27H,5-6,8,13,17-18H2,1-4H3,(H,26,28). The maximum atomic E-state index is 12.9. The highest BCUT2D eigenvalue weighted by Gasteiger charge is 2.21. The van der Waals surface area contributed by atoms with Crippen LogP contribution >= 0.6 is 0 Å². The number of unbranched alkanes of at least 4 members (excludes halogenated alkanes) is 2. The first-order valence-electron chi connectivity index (χ1n) is 10.4. The molecule has 0 heterocycles. The van der Waals surface area contributed by atoms with Crippen LogP contribution in [0.5, 0.6) is 0 Å². The number of carbonyl (C=O) groups excluding carboxylic acids is 1. The van der Waals surface area contributed by atoms with Crippen molar-refractivity contribution in [1.29, 1.82) is 0 Å². The third kappa shape index (κ3) is 6.49. The number of hydrogen-bond donors (Lipinski definition) is 2. The van der Waals surface area contributed by atoms with Crippen LogP contribution in [0.25, 0.3) is 0 Å². The molecular formula is C25H35NO2. The first-order valence-corrected chi connectivity index (χ1v) is 10.4. The van der Waals surface area contributed by atoms with Crippen molar-refractivity contribution in [3.63, 3.8) is 0 Å². The molecule has 3 heteroatoms. The van der Waals surface area contributed by atoms with E-state index in [0.29, 0.717) is 6.42 Å². The van der Waals surface area contributed by atoms with Gasteiger partial charge in [-0.3, -0.25) is 4.79 Å². The summed E-state index contributed by atoms with van der Waals surface area (Å²) in [5, 5.41) is 12.6. The number of nitrogens with one attached hydrogen (secondary N) is 1. The van der Waals surface area contributed by atoms with Gasteiger partial charge in [-0.1, -0.05) is 89.4 Å². The highest BCUT2D eigenvalue weighted by atomic mass is 16.3. The molecular weight excluding hydrogens is 346 g/mol. The predicted octanol–water partition coefficient (Wildman–Crippen LogP) is 6.17. The summed E-state index contributed by atoms with van der Waals surface area (Å²) in [6.07, 6.45) is 5.00. The van der Waals surface area contributed by atoms with Gasteiger partial charge in [0.1, 0.15) is 0 Å². The van der Waals surface area contributed by atoms with Crippen LogP contribution in [0.2, 0.25) is 0 Å². The number of anilines is 1. The van der Waals surface area contributed by atoms with Gasteiger partial charge in [0.05, 0.1) is 6.61 Å². The van der Waals surface area contributed by atoms with E-state index in [2.05, 4.69) is 45.1 Å². The second kappa shape index (κ2) is 10.4.